The van der Waals surface area contributed by atoms with Crippen LogP contribution in [0.25, 0.3) is 0 Å². The SMILES string of the molecule is COC(=O)CC[C@@H](C)[C@H]1CC[C@H]2[C@@H]3C[C@H](OS(=O)(=O)c4ccc(C)cc4)C4C[C@H](OS(=O)(=O)c5ccc(C)cc5)CC[C@]4(C)[C@H]3CC[C@]12C. The molecule has 10 heteroatoms. The van der Waals surface area contributed by atoms with Gasteiger partial charge in [-0.1, -0.05) is 56.2 Å². The molecule has 0 N–H and O–H groups in total. The minimum Gasteiger partial charge on any atom is -0.469 e. The van der Waals surface area contributed by atoms with Gasteiger partial charge in [-0.3, -0.25) is 13.2 Å². The van der Waals surface area contributed by atoms with Gasteiger partial charge in [0.25, 0.3) is 20.2 Å². The third-order valence-corrected chi connectivity index (χ3v) is 16.3. The summed E-state index contributed by atoms with van der Waals surface area (Å²) in [6, 6.07) is 13.4. The maximum absolute atomic E-state index is 13.9. The smallest absolute Gasteiger partial charge is 0.305 e. The molecule has 8 nitrogen and oxygen atoms in total. The molecule has 6 rings (SSSR count). The number of esters is 1. The summed E-state index contributed by atoms with van der Waals surface area (Å²) < 4.78 is 71.7. The standard InChI is InChI=1S/C39H54O8S2/c1-25-7-12-29(13-8-25)48(41,42)46-28-19-21-39(5)34-20-22-38(4)32(27(3)11-18-37(40)45-6)16-17-33(38)31(34)24-36(35(39)23-28)47-49(43,44)30-14-9-26(2)10-15-30/h7-10,12-15,27-28,31-36H,11,16-24H2,1-6H3/t27-,28-,31+,32-,33+,34+,35?,36+,38-,39-/m1/s1. The number of hydrogen-bond acceptors (Lipinski definition) is 8. The van der Waals surface area contributed by atoms with Crippen molar-refractivity contribution in [3.05, 3.63) is 59.7 Å². The molecule has 270 valence electrons. The lowest BCUT2D eigenvalue weighted by atomic mass is 9.43. The normalized spacial score (nSPS) is 35.1. The predicted octanol–water partition coefficient (Wildman–Crippen LogP) is 8.01. The lowest BCUT2D eigenvalue weighted by Crippen LogP contribution is -2.59. The van der Waals surface area contributed by atoms with Gasteiger partial charge in [0, 0.05) is 6.42 Å². The van der Waals surface area contributed by atoms with E-state index in [0.717, 1.165) is 49.7 Å². The minimum atomic E-state index is -4.07. The van der Waals surface area contributed by atoms with Crippen LogP contribution >= 0.6 is 0 Å². The van der Waals surface area contributed by atoms with Gasteiger partial charge in [0.2, 0.25) is 0 Å². The van der Waals surface area contributed by atoms with Gasteiger partial charge < -0.3 is 4.74 Å². The quantitative estimate of drug-likeness (QED) is 0.180. The van der Waals surface area contributed by atoms with Crippen LogP contribution in [0, 0.1) is 60.2 Å². The summed E-state index contributed by atoms with van der Waals surface area (Å²) in [5, 5.41) is 0. The van der Waals surface area contributed by atoms with Crippen LogP contribution < -0.4 is 0 Å². The lowest BCUT2D eigenvalue weighted by molar-refractivity contribution is -0.163. The molecule has 0 radical (unpaired) electrons. The molecule has 2 aromatic rings. The summed E-state index contributed by atoms with van der Waals surface area (Å²) in [6.07, 6.45) is 6.81. The van der Waals surface area contributed by atoms with Crippen LogP contribution in [0.5, 0.6) is 0 Å². The summed E-state index contributed by atoms with van der Waals surface area (Å²) in [5.41, 5.74) is 1.81. The van der Waals surface area contributed by atoms with E-state index < -0.39 is 32.4 Å². The molecule has 2 aromatic carbocycles. The monoisotopic (exact) mass is 714 g/mol. The van der Waals surface area contributed by atoms with Crippen LogP contribution in [0.1, 0.15) is 96.1 Å². The number of fused-ring (bicyclic) bond motifs is 5. The van der Waals surface area contributed by atoms with Crippen molar-refractivity contribution in [3.8, 4) is 0 Å². The van der Waals surface area contributed by atoms with E-state index in [1.807, 2.05) is 13.8 Å². The molecule has 4 fully saturated rings. The number of carbonyl (C=O) groups excluding carboxylic acids is 1. The average Bonchev–Trinajstić information content (AvgIpc) is 3.41. The highest BCUT2D eigenvalue weighted by atomic mass is 32.2. The number of aryl methyl sites for hydroxylation is 2. The number of benzene rings is 2. The van der Waals surface area contributed by atoms with Gasteiger partial charge in [-0.2, -0.15) is 16.8 Å². The Balaban J connectivity index is 1.29. The molecule has 0 heterocycles. The molecular weight excluding hydrogens is 661 g/mol. The van der Waals surface area contributed by atoms with Crippen molar-refractivity contribution in [1.82, 2.24) is 0 Å². The van der Waals surface area contributed by atoms with Crippen molar-refractivity contribution < 1.29 is 34.7 Å². The summed E-state index contributed by atoms with van der Waals surface area (Å²) >= 11 is 0. The molecular formula is C39H54O8S2. The maximum atomic E-state index is 13.9. The lowest BCUT2D eigenvalue weighted by Gasteiger charge is -2.62. The van der Waals surface area contributed by atoms with Gasteiger partial charge in [0.05, 0.1) is 29.1 Å². The first-order chi connectivity index (χ1) is 23.1. The summed E-state index contributed by atoms with van der Waals surface area (Å²) in [4.78, 5) is 12.2. The molecule has 0 amide bonds. The minimum absolute atomic E-state index is 0.0999. The maximum Gasteiger partial charge on any atom is 0.305 e. The van der Waals surface area contributed by atoms with Crippen molar-refractivity contribution in [2.45, 2.75) is 121 Å². The van der Waals surface area contributed by atoms with Crippen LogP contribution in [0.3, 0.4) is 0 Å². The van der Waals surface area contributed by atoms with Crippen LogP contribution in [0.2, 0.25) is 0 Å². The zero-order valence-electron chi connectivity index (χ0n) is 29.9. The van der Waals surface area contributed by atoms with Gasteiger partial charge in [-0.25, -0.2) is 0 Å². The summed E-state index contributed by atoms with van der Waals surface area (Å²) in [5.74, 6) is 1.64. The summed E-state index contributed by atoms with van der Waals surface area (Å²) in [7, 11) is -6.62. The highest BCUT2D eigenvalue weighted by molar-refractivity contribution is 7.87. The van der Waals surface area contributed by atoms with Crippen LogP contribution in [-0.2, 0) is 38.1 Å². The second-order valence-electron chi connectivity index (χ2n) is 16.2. The molecule has 0 aromatic heterocycles. The Hall–Kier alpha value is -2.27. The Labute approximate surface area is 293 Å². The number of methoxy groups -OCH3 is 1. The number of carbonyl (C=O) groups is 1. The van der Waals surface area contributed by atoms with Crippen LogP contribution in [-0.4, -0.2) is 42.1 Å². The van der Waals surface area contributed by atoms with Gasteiger partial charge in [-0.05, 0) is 142 Å². The second-order valence-corrected chi connectivity index (χ2v) is 19.4. The third kappa shape index (κ3) is 7.01. The van der Waals surface area contributed by atoms with Crippen molar-refractivity contribution in [2.24, 2.45) is 46.3 Å². The second kappa shape index (κ2) is 13.7. The molecule has 4 aliphatic carbocycles. The molecule has 10 atom stereocenters. The van der Waals surface area contributed by atoms with E-state index in [2.05, 4.69) is 20.8 Å². The highest BCUT2D eigenvalue weighted by Crippen LogP contribution is 2.69. The first-order valence-corrected chi connectivity index (χ1v) is 21.0. The van der Waals surface area contributed by atoms with Crippen molar-refractivity contribution in [3.63, 3.8) is 0 Å². The van der Waals surface area contributed by atoms with E-state index in [1.165, 1.54) is 7.11 Å². The third-order valence-electron chi connectivity index (χ3n) is 13.5. The predicted molar refractivity (Wildman–Crippen MR) is 187 cm³/mol. The van der Waals surface area contributed by atoms with Gasteiger partial charge >= 0.3 is 5.97 Å². The number of hydrogen-bond donors (Lipinski definition) is 0. The molecule has 0 aliphatic heterocycles. The Bertz CT molecular complexity index is 1720. The topological polar surface area (TPSA) is 113 Å². The Morgan fingerprint density at radius 2 is 1.31 bits per heavy atom. The zero-order chi connectivity index (χ0) is 35.4. The van der Waals surface area contributed by atoms with Crippen molar-refractivity contribution in [1.29, 1.82) is 0 Å². The first kappa shape index (κ1) is 36.5. The van der Waals surface area contributed by atoms with E-state index in [-0.39, 0.29) is 32.5 Å². The fourth-order valence-electron chi connectivity index (χ4n) is 10.9. The molecule has 0 spiro atoms. The van der Waals surface area contributed by atoms with Crippen LogP contribution in [0.15, 0.2) is 58.3 Å². The van der Waals surface area contributed by atoms with E-state index in [9.17, 15) is 21.6 Å². The van der Waals surface area contributed by atoms with Crippen molar-refractivity contribution >= 4 is 26.2 Å². The molecule has 1 unspecified atom stereocenters. The van der Waals surface area contributed by atoms with E-state index in [0.29, 0.717) is 55.3 Å². The Morgan fingerprint density at radius 1 is 0.755 bits per heavy atom. The Kier molecular flexibility index (Phi) is 10.2. The average molecular weight is 715 g/mol. The number of rotatable bonds is 10. The fourth-order valence-corrected chi connectivity index (χ4v) is 13.1. The molecule has 0 bridgehead atoms. The van der Waals surface area contributed by atoms with E-state index in [1.54, 1.807) is 48.5 Å². The summed E-state index contributed by atoms with van der Waals surface area (Å²) in [6.45, 7) is 10.8. The largest absolute Gasteiger partial charge is 0.469 e. The number of ether oxygens (including phenoxy) is 1. The molecule has 0 saturated heterocycles. The van der Waals surface area contributed by atoms with Crippen molar-refractivity contribution in [2.75, 3.05) is 7.11 Å². The highest BCUT2D eigenvalue weighted by Gasteiger charge is 2.63. The van der Waals surface area contributed by atoms with Gasteiger partial charge in [0.15, 0.2) is 0 Å². The fraction of sp³-hybridized carbons (Fsp3) is 0.667. The van der Waals surface area contributed by atoms with E-state index in [4.69, 9.17) is 13.1 Å². The zero-order valence-corrected chi connectivity index (χ0v) is 31.5. The van der Waals surface area contributed by atoms with Gasteiger partial charge in [0.1, 0.15) is 0 Å². The van der Waals surface area contributed by atoms with E-state index >= 15 is 0 Å². The van der Waals surface area contributed by atoms with Crippen LogP contribution in [0.4, 0.5) is 0 Å². The molecule has 4 saturated carbocycles. The first-order valence-electron chi connectivity index (χ1n) is 18.1. The molecule has 4 aliphatic rings. The molecule has 49 heavy (non-hydrogen) atoms. The Morgan fingerprint density at radius 3 is 1.90 bits per heavy atom. The van der Waals surface area contributed by atoms with Gasteiger partial charge in [-0.15, -0.1) is 0 Å².